The minimum Gasteiger partial charge on any atom is -0.386 e. The normalized spacial score (nSPS) is 12.2. The van der Waals surface area contributed by atoms with Crippen LogP contribution in [-0.4, -0.2) is 49.1 Å². The van der Waals surface area contributed by atoms with Gasteiger partial charge in [-0.1, -0.05) is 24.3 Å². The number of rotatable bonds is 12. The van der Waals surface area contributed by atoms with Crippen molar-refractivity contribution in [1.82, 2.24) is 24.8 Å². The van der Waals surface area contributed by atoms with Crippen LogP contribution < -0.4 is 4.90 Å². The molecule has 0 aliphatic heterocycles. The Balaban J connectivity index is 1.45. The Kier molecular flexibility index (Phi) is 8.79. The van der Waals surface area contributed by atoms with E-state index in [-0.39, 0.29) is 0 Å². The molecule has 0 radical (unpaired) electrons. The fraction of sp³-hybridized carbons (Fsp3) is 0.259. The highest BCUT2D eigenvalue weighted by Gasteiger charge is 2.21. The predicted molar refractivity (Wildman–Crippen MR) is 130 cm³/mol. The molecule has 4 rings (SSSR count). The Hall–Kier alpha value is -3.52. The standard InChI is InChI=1S/C27H30N6O/c34-27(21-32(17-23-9-1-5-13-28-23)18-24-10-2-6-14-29-24)22-33(19-25-11-3-7-15-30-25)20-26-12-4-8-16-31-26/h1-16,27,34H,17-22H2/p+1. The van der Waals surface area contributed by atoms with E-state index in [0.29, 0.717) is 26.2 Å². The lowest BCUT2D eigenvalue weighted by atomic mass is 10.2. The van der Waals surface area contributed by atoms with Crippen LogP contribution in [0.5, 0.6) is 0 Å². The molecule has 0 spiro atoms. The molecule has 0 aliphatic carbocycles. The number of aliphatic hydroxyl groups excluding tert-OH is 1. The monoisotopic (exact) mass is 455 g/mol. The van der Waals surface area contributed by atoms with Gasteiger partial charge in [0.25, 0.3) is 0 Å². The van der Waals surface area contributed by atoms with E-state index in [1.54, 1.807) is 12.4 Å². The minimum absolute atomic E-state index is 0.515. The highest BCUT2D eigenvalue weighted by Crippen LogP contribution is 2.08. The molecule has 0 saturated carbocycles. The second-order valence-electron chi connectivity index (χ2n) is 8.42. The highest BCUT2D eigenvalue weighted by atomic mass is 16.3. The molecular weight excluding hydrogens is 424 g/mol. The molecular formula is C27H31N6O+. The number of nitrogens with zero attached hydrogens (tertiary/aromatic N) is 5. The van der Waals surface area contributed by atoms with E-state index in [2.05, 4.69) is 24.8 Å². The molecule has 4 aromatic rings. The Bertz CT molecular complexity index is 911. The molecule has 7 nitrogen and oxygen atoms in total. The zero-order valence-corrected chi connectivity index (χ0v) is 19.2. The van der Waals surface area contributed by atoms with Gasteiger partial charge in [-0.3, -0.25) is 24.8 Å². The average molecular weight is 456 g/mol. The summed E-state index contributed by atoms with van der Waals surface area (Å²) in [6.45, 7) is 3.81. The van der Waals surface area contributed by atoms with Crippen molar-refractivity contribution in [3.05, 3.63) is 120 Å². The van der Waals surface area contributed by atoms with Gasteiger partial charge >= 0.3 is 0 Å². The van der Waals surface area contributed by atoms with E-state index in [0.717, 1.165) is 35.9 Å². The lowest BCUT2D eigenvalue weighted by molar-refractivity contribution is -0.931. The van der Waals surface area contributed by atoms with Crippen molar-refractivity contribution in [3.8, 4) is 0 Å². The average Bonchev–Trinajstić information content (AvgIpc) is 2.86. The maximum absolute atomic E-state index is 11.2. The van der Waals surface area contributed by atoms with E-state index in [1.165, 1.54) is 4.90 Å². The van der Waals surface area contributed by atoms with Gasteiger partial charge in [-0.15, -0.1) is 0 Å². The molecule has 1 unspecified atom stereocenters. The summed E-state index contributed by atoms with van der Waals surface area (Å²) in [6.07, 6.45) is 6.69. The smallest absolute Gasteiger partial charge is 0.120 e. The number of nitrogens with one attached hydrogen (secondary N) is 1. The molecule has 0 aromatic carbocycles. The first kappa shape index (κ1) is 23.6. The van der Waals surface area contributed by atoms with Crippen LogP contribution in [0.3, 0.4) is 0 Å². The second-order valence-corrected chi connectivity index (χ2v) is 8.42. The SMILES string of the molecule is OC(CN(Cc1ccccn1)Cc1ccccn1)C[NH+](Cc1ccccn1)Cc1ccccn1. The molecule has 174 valence electrons. The Morgan fingerprint density at radius 2 is 1.03 bits per heavy atom. The number of hydrogen-bond donors (Lipinski definition) is 2. The van der Waals surface area contributed by atoms with E-state index >= 15 is 0 Å². The van der Waals surface area contributed by atoms with E-state index < -0.39 is 6.10 Å². The molecule has 0 aliphatic rings. The molecule has 34 heavy (non-hydrogen) atoms. The van der Waals surface area contributed by atoms with Gasteiger partial charge < -0.3 is 10.0 Å². The molecule has 0 amide bonds. The van der Waals surface area contributed by atoms with Gasteiger partial charge in [0, 0.05) is 44.4 Å². The lowest BCUT2D eigenvalue weighted by Crippen LogP contribution is -3.10. The van der Waals surface area contributed by atoms with Crippen LogP contribution in [0.2, 0.25) is 0 Å². The van der Waals surface area contributed by atoms with Crippen LogP contribution >= 0.6 is 0 Å². The van der Waals surface area contributed by atoms with Crippen LogP contribution in [0.25, 0.3) is 0 Å². The third-order valence-electron chi connectivity index (χ3n) is 5.53. The Morgan fingerprint density at radius 3 is 1.41 bits per heavy atom. The summed E-state index contributed by atoms with van der Waals surface area (Å²) < 4.78 is 0. The summed E-state index contributed by atoms with van der Waals surface area (Å²) >= 11 is 0. The van der Waals surface area contributed by atoms with Gasteiger partial charge in [0.1, 0.15) is 25.7 Å². The largest absolute Gasteiger partial charge is 0.386 e. The van der Waals surface area contributed by atoms with Gasteiger partial charge in [0.15, 0.2) is 0 Å². The first-order valence-electron chi connectivity index (χ1n) is 11.6. The van der Waals surface area contributed by atoms with Crippen molar-refractivity contribution >= 4 is 0 Å². The van der Waals surface area contributed by atoms with Crippen molar-refractivity contribution in [2.75, 3.05) is 13.1 Å². The molecule has 4 heterocycles. The zero-order valence-electron chi connectivity index (χ0n) is 19.2. The summed E-state index contributed by atoms with van der Waals surface area (Å²) in [6, 6.07) is 23.7. The third-order valence-corrected chi connectivity index (χ3v) is 5.53. The first-order chi connectivity index (χ1) is 16.7. The number of aliphatic hydroxyl groups is 1. The first-order valence-corrected chi connectivity index (χ1v) is 11.6. The molecule has 7 heteroatoms. The van der Waals surface area contributed by atoms with Crippen LogP contribution in [0, 0.1) is 0 Å². The summed E-state index contributed by atoms with van der Waals surface area (Å²) in [7, 11) is 0. The minimum atomic E-state index is -0.533. The summed E-state index contributed by atoms with van der Waals surface area (Å²) in [5.41, 5.74) is 3.94. The molecule has 0 bridgehead atoms. The quantitative estimate of drug-likeness (QED) is 0.340. The van der Waals surface area contributed by atoms with Crippen molar-refractivity contribution in [2.45, 2.75) is 32.3 Å². The number of hydrogen-bond acceptors (Lipinski definition) is 6. The number of pyridine rings is 4. The third kappa shape index (κ3) is 7.81. The fourth-order valence-corrected chi connectivity index (χ4v) is 4.05. The number of quaternary nitrogens is 1. The van der Waals surface area contributed by atoms with Crippen molar-refractivity contribution in [2.24, 2.45) is 0 Å². The van der Waals surface area contributed by atoms with Crippen LogP contribution in [-0.2, 0) is 26.2 Å². The zero-order chi connectivity index (χ0) is 23.4. The van der Waals surface area contributed by atoms with Crippen LogP contribution in [0.1, 0.15) is 22.8 Å². The van der Waals surface area contributed by atoms with Gasteiger partial charge in [0.2, 0.25) is 0 Å². The maximum atomic E-state index is 11.2. The van der Waals surface area contributed by atoms with E-state index in [9.17, 15) is 5.11 Å². The van der Waals surface area contributed by atoms with Crippen LogP contribution in [0.15, 0.2) is 97.6 Å². The highest BCUT2D eigenvalue weighted by molar-refractivity contribution is 5.07. The molecule has 2 N–H and O–H groups in total. The summed E-state index contributed by atoms with van der Waals surface area (Å²) in [4.78, 5) is 21.3. The predicted octanol–water partition coefficient (Wildman–Crippen LogP) is 1.91. The van der Waals surface area contributed by atoms with Crippen molar-refractivity contribution < 1.29 is 10.0 Å². The van der Waals surface area contributed by atoms with Gasteiger partial charge in [0.05, 0.1) is 22.8 Å². The molecule has 0 saturated heterocycles. The summed E-state index contributed by atoms with van der Waals surface area (Å²) in [5.74, 6) is 0. The van der Waals surface area contributed by atoms with Crippen molar-refractivity contribution in [1.29, 1.82) is 0 Å². The maximum Gasteiger partial charge on any atom is 0.120 e. The summed E-state index contributed by atoms with van der Waals surface area (Å²) in [5, 5.41) is 11.2. The second kappa shape index (κ2) is 12.6. The van der Waals surface area contributed by atoms with Gasteiger partial charge in [-0.25, -0.2) is 0 Å². The van der Waals surface area contributed by atoms with E-state index in [4.69, 9.17) is 0 Å². The Morgan fingerprint density at radius 1 is 0.618 bits per heavy atom. The number of aromatic nitrogens is 4. The molecule has 0 fully saturated rings. The lowest BCUT2D eigenvalue weighted by Gasteiger charge is -2.27. The van der Waals surface area contributed by atoms with Crippen molar-refractivity contribution in [3.63, 3.8) is 0 Å². The Labute approximate surface area is 200 Å². The van der Waals surface area contributed by atoms with Crippen LogP contribution in [0.4, 0.5) is 0 Å². The van der Waals surface area contributed by atoms with E-state index in [1.807, 2.05) is 85.2 Å². The van der Waals surface area contributed by atoms with Gasteiger partial charge in [-0.2, -0.15) is 0 Å². The fourth-order valence-electron chi connectivity index (χ4n) is 4.05. The molecule has 1 atom stereocenters. The van der Waals surface area contributed by atoms with Gasteiger partial charge in [-0.05, 0) is 48.5 Å². The molecule has 4 aromatic heterocycles. The topological polar surface area (TPSA) is 79.5 Å².